The summed E-state index contributed by atoms with van der Waals surface area (Å²) in [5.41, 5.74) is 2.26. The molecule has 0 aromatic carbocycles. The first-order chi connectivity index (χ1) is 6.77. The molecule has 0 bridgehead atoms. The van der Waals surface area contributed by atoms with Crippen LogP contribution in [0.15, 0.2) is 18.3 Å². The van der Waals surface area contributed by atoms with Crippen molar-refractivity contribution in [3.05, 3.63) is 34.9 Å². The van der Waals surface area contributed by atoms with Crippen LogP contribution in [0.3, 0.4) is 0 Å². The van der Waals surface area contributed by atoms with Gasteiger partial charge in [-0.15, -0.1) is 0 Å². The van der Waals surface area contributed by atoms with Gasteiger partial charge in [0.05, 0.1) is 5.52 Å². The number of hydrogen-bond acceptors (Lipinski definition) is 1. The molecule has 14 heavy (non-hydrogen) atoms. The van der Waals surface area contributed by atoms with Gasteiger partial charge in [-0.1, -0.05) is 17.7 Å². The van der Waals surface area contributed by atoms with E-state index < -0.39 is 0 Å². The summed E-state index contributed by atoms with van der Waals surface area (Å²) in [5.74, 6) is 1.77. The molecule has 0 unspecified atom stereocenters. The molecule has 0 atom stereocenters. The molecule has 0 radical (unpaired) electrons. The summed E-state index contributed by atoms with van der Waals surface area (Å²) in [6.07, 6.45) is 4.56. The summed E-state index contributed by atoms with van der Waals surface area (Å²) in [7, 11) is 0. The van der Waals surface area contributed by atoms with E-state index in [0.29, 0.717) is 11.1 Å². The zero-order chi connectivity index (χ0) is 9.71. The Bertz CT molecular complexity index is 497. The van der Waals surface area contributed by atoms with Crippen LogP contribution in [-0.4, -0.2) is 9.38 Å². The van der Waals surface area contributed by atoms with Crippen molar-refractivity contribution in [3.8, 4) is 0 Å². The zero-order valence-electron chi connectivity index (χ0n) is 8.00. The van der Waals surface area contributed by atoms with E-state index in [1.54, 1.807) is 0 Å². The summed E-state index contributed by atoms with van der Waals surface area (Å²) in [4.78, 5) is 4.44. The Kier molecular flexibility index (Phi) is 1.62. The minimum atomic E-state index is 0.636. The van der Waals surface area contributed by atoms with Gasteiger partial charge in [-0.2, -0.15) is 0 Å². The second-order valence-electron chi connectivity index (χ2n) is 3.94. The lowest BCUT2D eigenvalue weighted by Crippen LogP contribution is -1.92. The molecule has 1 aliphatic rings. The van der Waals surface area contributed by atoms with Gasteiger partial charge in [0.1, 0.15) is 5.82 Å². The molecule has 2 nitrogen and oxygen atoms in total. The molecule has 1 saturated carbocycles. The SMILES string of the molecule is Cc1cccn2c(C3CC3)nc(Cl)c12. The fourth-order valence-corrected chi connectivity index (χ4v) is 2.23. The van der Waals surface area contributed by atoms with Crippen molar-refractivity contribution in [2.24, 2.45) is 0 Å². The van der Waals surface area contributed by atoms with Crippen LogP contribution >= 0.6 is 11.6 Å². The average molecular weight is 207 g/mol. The van der Waals surface area contributed by atoms with Crippen molar-refractivity contribution in [2.75, 3.05) is 0 Å². The Morgan fingerprint density at radius 1 is 1.50 bits per heavy atom. The zero-order valence-corrected chi connectivity index (χ0v) is 8.75. The first-order valence-corrected chi connectivity index (χ1v) is 5.28. The molecule has 0 spiro atoms. The summed E-state index contributed by atoms with van der Waals surface area (Å²) >= 11 is 6.12. The summed E-state index contributed by atoms with van der Waals surface area (Å²) in [5, 5.41) is 0.644. The molecule has 72 valence electrons. The largest absolute Gasteiger partial charge is 0.302 e. The van der Waals surface area contributed by atoms with Crippen molar-refractivity contribution in [2.45, 2.75) is 25.7 Å². The second kappa shape index (κ2) is 2.74. The number of halogens is 1. The molecule has 2 heterocycles. The molecule has 0 amide bonds. The molecule has 1 aliphatic carbocycles. The number of aromatic nitrogens is 2. The second-order valence-corrected chi connectivity index (χ2v) is 4.30. The van der Waals surface area contributed by atoms with Crippen LogP contribution in [0.1, 0.15) is 30.1 Å². The maximum absolute atomic E-state index is 6.12. The molecule has 1 fully saturated rings. The number of pyridine rings is 1. The average Bonchev–Trinajstić information content (AvgIpc) is 2.93. The quantitative estimate of drug-likeness (QED) is 0.701. The highest BCUT2D eigenvalue weighted by atomic mass is 35.5. The van der Waals surface area contributed by atoms with Crippen LogP contribution in [0, 0.1) is 6.92 Å². The van der Waals surface area contributed by atoms with Gasteiger partial charge in [0.25, 0.3) is 0 Å². The first kappa shape index (κ1) is 8.30. The topological polar surface area (TPSA) is 17.3 Å². The lowest BCUT2D eigenvalue weighted by Gasteiger charge is -2.00. The highest BCUT2D eigenvalue weighted by Gasteiger charge is 2.29. The Morgan fingerprint density at radius 3 is 3.00 bits per heavy atom. The van der Waals surface area contributed by atoms with Gasteiger partial charge in [0.2, 0.25) is 0 Å². The number of hydrogen-bond donors (Lipinski definition) is 0. The minimum absolute atomic E-state index is 0.636. The van der Waals surface area contributed by atoms with Crippen molar-refractivity contribution in [3.63, 3.8) is 0 Å². The highest BCUT2D eigenvalue weighted by Crippen LogP contribution is 2.40. The van der Waals surface area contributed by atoms with Crippen molar-refractivity contribution in [1.29, 1.82) is 0 Å². The van der Waals surface area contributed by atoms with Crippen LogP contribution in [0.5, 0.6) is 0 Å². The molecule has 2 aromatic rings. The molecule has 0 N–H and O–H groups in total. The van der Waals surface area contributed by atoms with Gasteiger partial charge < -0.3 is 4.40 Å². The van der Waals surface area contributed by atoms with Gasteiger partial charge in [-0.3, -0.25) is 0 Å². The molecule has 3 rings (SSSR count). The number of nitrogens with zero attached hydrogens (tertiary/aromatic N) is 2. The lowest BCUT2D eigenvalue weighted by molar-refractivity contribution is 0.919. The maximum atomic E-state index is 6.12. The molecule has 2 aromatic heterocycles. The van der Waals surface area contributed by atoms with Crippen LogP contribution < -0.4 is 0 Å². The Hall–Kier alpha value is -1.02. The van der Waals surface area contributed by atoms with Gasteiger partial charge in [-0.25, -0.2) is 4.98 Å². The fraction of sp³-hybridized carbons (Fsp3) is 0.364. The van der Waals surface area contributed by atoms with E-state index in [2.05, 4.69) is 28.6 Å². The summed E-state index contributed by atoms with van der Waals surface area (Å²) in [6, 6.07) is 4.12. The predicted molar refractivity (Wildman–Crippen MR) is 56.9 cm³/mol. The van der Waals surface area contributed by atoms with Crippen LogP contribution in [0.2, 0.25) is 5.15 Å². The maximum Gasteiger partial charge on any atom is 0.155 e. The van der Waals surface area contributed by atoms with E-state index in [4.69, 9.17) is 11.6 Å². The smallest absolute Gasteiger partial charge is 0.155 e. The first-order valence-electron chi connectivity index (χ1n) is 4.90. The third kappa shape index (κ3) is 1.07. The molecule has 0 saturated heterocycles. The number of rotatable bonds is 1. The number of aryl methyl sites for hydroxylation is 1. The fourth-order valence-electron chi connectivity index (χ4n) is 1.91. The predicted octanol–water partition coefficient (Wildman–Crippen LogP) is 3.17. The van der Waals surface area contributed by atoms with E-state index in [1.165, 1.54) is 18.4 Å². The number of imidazole rings is 1. The Balaban J connectivity index is 2.37. The standard InChI is InChI=1S/C11H11ClN2/c1-7-3-2-6-14-9(7)10(12)13-11(14)8-4-5-8/h2-3,6,8H,4-5H2,1H3. The minimum Gasteiger partial charge on any atom is -0.302 e. The number of fused-ring (bicyclic) bond motifs is 1. The summed E-state index contributed by atoms with van der Waals surface area (Å²) in [6.45, 7) is 2.07. The van der Waals surface area contributed by atoms with Crippen LogP contribution in [0.25, 0.3) is 5.52 Å². The highest BCUT2D eigenvalue weighted by molar-refractivity contribution is 6.32. The van der Waals surface area contributed by atoms with Crippen molar-refractivity contribution in [1.82, 2.24) is 9.38 Å². The molecular weight excluding hydrogens is 196 g/mol. The third-order valence-electron chi connectivity index (χ3n) is 2.79. The third-order valence-corrected chi connectivity index (χ3v) is 3.06. The van der Waals surface area contributed by atoms with E-state index in [9.17, 15) is 0 Å². The monoisotopic (exact) mass is 206 g/mol. The Labute approximate surface area is 87.5 Å². The van der Waals surface area contributed by atoms with Gasteiger partial charge >= 0.3 is 0 Å². The lowest BCUT2D eigenvalue weighted by atomic mass is 10.2. The summed E-state index contributed by atoms with van der Waals surface area (Å²) < 4.78 is 2.13. The van der Waals surface area contributed by atoms with Crippen molar-refractivity contribution < 1.29 is 0 Å². The molecule has 0 aliphatic heterocycles. The van der Waals surface area contributed by atoms with Gasteiger partial charge in [-0.05, 0) is 31.4 Å². The van der Waals surface area contributed by atoms with Gasteiger partial charge in [0, 0.05) is 12.1 Å². The Morgan fingerprint density at radius 2 is 2.29 bits per heavy atom. The van der Waals surface area contributed by atoms with Crippen molar-refractivity contribution >= 4 is 17.1 Å². The van der Waals surface area contributed by atoms with E-state index in [0.717, 1.165) is 11.3 Å². The van der Waals surface area contributed by atoms with E-state index in [-0.39, 0.29) is 0 Å². The normalized spacial score (nSPS) is 16.4. The van der Waals surface area contributed by atoms with Crippen LogP contribution in [0.4, 0.5) is 0 Å². The molecule has 3 heteroatoms. The van der Waals surface area contributed by atoms with E-state index >= 15 is 0 Å². The molecular formula is C11H11ClN2. The van der Waals surface area contributed by atoms with E-state index in [1.807, 2.05) is 6.07 Å². The van der Waals surface area contributed by atoms with Crippen LogP contribution in [-0.2, 0) is 0 Å². The van der Waals surface area contributed by atoms with Gasteiger partial charge in [0.15, 0.2) is 5.15 Å².